The number of aliphatic hydroxyl groups excluding tert-OH is 2. The second-order valence-electron chi connectivity index (χ2n) is 3.81. The van der Waals surface area contributed by atoms with Crippen molar-refractivity contribution in [2.75, 3.05) is 18.5 Å². The van der Waals surface area contributed by atoms with Crippen molar-refractivity contribution in [2.45, 2.75) is 6.10 Å². The van der Waals surface area contributed by atoms with Crippen LogP contribution in [-0.4, -0.2) is 34.5 Å². The lowest BCUT2D eigenvalue weighted by Gasteiger charge is -2.12. The first-order chi connectivity index (χ1) is 8.20. The highest BCUT2D eigenvalue weighted by Crippen LogP contribution is 2.19. The number of anilines is 1. The molecule has 0 saturated carbocycles. The topological polar surface area (TPSA) is 85.3 Å². The number of pyridine rings is 1. The number of benzene rings is 1. The molecule has 0 saturated heterocycles. The van der Waals surface area contributed by atoms with Crippen molar-refractivity contribution in [3.63, 3.8) is 0 Å². The zero-order valence-corrected chi connectivity index (χ0v) is 9.18. The second kappa shape index (κ2) is 4.99. The number of aromatic amines is 1. The van der Waals surface area contributed by atoms with Crippen LogP contribution in [0.4, 0.5) is 5.69 Å². The van der Waals surface area contributed by atoms with E-state index in [1.165, 1.54) is 6.07 Å². The van der Waals surface area contributed by atoms with Crippen molar-refractivity contribution < 1.29 is 10.2 Å². The van der Waals surface area contributed by atoms with E-state index in [1.807, 2.05) is 18.2 Å². The second-order valence-corrected chi connectivity index (χ2v) is 3.81. The normalized spacial score (nSPS) is 12.6. The summed E-state index contributed by atoms with van der Waals surface area (Å²) in [5.74, 6) is 0. The molecule has 0 spiro atoms. The average molecular weight is 234 g/mol. The molecule has 0 bridgehead atoms. The van der Waals surface area contributed by atoms with E-state index in [0.29, 0.717) is 5.52 Å². The van der Waals surface area contributed by atoms with E-state index < -0.39 is 6.10 Å². The fraction of sp³-hybridized carbons (Fsp3) is 0.250. The minimum absolute atomic E-state index is 0.172. The number of H-pyrrole nitrogens is 1. The summed E-state index contributed by atoms with van der Waals surface area (Å²) in [5, 5.41) is 21.9. The quantitative estimate of drug-likeness (QED) is 0.612. The molecule has 0 amide bonds. The molecule has 1 aromatic carbocycles. The van der Waals surface area contributed by atoms with Gasteiger partial charge in [0.1, 0.15) is 0 Å². The molecule has 2 aromatic rings. The van der Waals surface area contributed by atoms with Crippen molar-refractivity contribution >= 4 is 16.6 Å². The van der Waals surface area contributed by atoms with Gasteiger partial charge >= 0.3 is 0 Å². The van der Waals surface area contributed by atoms with Crippen LogP contribution in [0.3, 0.4) is 0 Å². The Bertz CT molecular complexity index is 565. The standard InChI is InChI=1S/C12H14N2O3/c15-7-9(16)6-13-10-3-1-2-8-4-5-11(17)14-12(8)10/h1-5,9,13,15-16H,6-7H2,(H,14,17). The van der Waals surface area contributed by atoms with E-state index in [2.05, 4.69) is 10.3 Å². The van der Waals surface area contributed by atoms with E-state index in [4.69, 9.17) is 5.11 Å². The van der Waals surface area contributed by atoms with Crippen LogP contribution in [0.25, 0.3) is 10.9 Å². The van der Waals surface area contributed by atoms with Gasteiger partial charge in [-0.1, -0.05) is 12.1 Å². The number of nitrogens with one attached hydrogen (secondary N) is 2. The Morgan fingerprint density at radius 2 is 2.12 bits per heavy atom. The molecule has 4 N–H and O–H groups in total. The molecule has 17 heavy (non-hydrogen) atoms. The van der Waals surface area contributed by atoms with Crippen molar-refractivity contribution in [1.29, 1.82) is 0 Å². The minimum Gasteiger partial charge on any atom is -0.394 e. The van der Waals surface area contributed by atoms with Gasteiger partial charge in [0.15, 0.2) is 0 Å². The maximum absolute atomic E-state index is 11.3. The predicted molar refractivity (Wildman–Crippen MR) is 66.2 cm³/mol. The van der Waals surface area contributed by atoms with Crippen LogP contribution in [0.2, 0.25) is 0 Å². The van der Waals surface area contributed by atoms with E-state index >= 15 is 0 Å². The van der Waals surface area contributed by atoms with Crippen molar-refractivity contribution in [3.05, 3.63) is 40.7 Å². The van der Waals surface area contributed by atoms with Gasteiger partial charge in [-0.05, 0) is 12.1 Å². The van der Waals surface area contributed by atoms with Crippen LogP contribution in [0, 0.1) is 0 Å². The molecule has 1 aromatic heterocycles. The van der Waals surface area contributed by atoms with Gasteiger partial charge in [0.2, 0.25) is 5.56 Å². The van der Waals surface area contributed by atoms with Gasteiger partial charge in [-0.3, -0.25) is 4.79 Å². The molecule has 1 atom stereocenters. The molecular weight excluding hydrogens is 220 g/mol. The number of aliphatic hydroxyl groups is 2. The van der Waals surface area contributed by atoms with Crippen LogP contribution in [0.1, 0.15) is 0 Å². The van der Waals surface area contributed by atoms with Gasteiger partial charge in [-0.25, -0.2) is 0 Å². The van der Waals surface area contributed by atoms with Crippen molar-refractivity contribution in [3.8, 4) is 0 Å². The molecule has 0 aliphatic carbocycles. The molecule has 0 fully saturated rings. The SMILES string of the molecule is O=c1ccc2cccc(NCC(O)CO)c2[nH]1. The zero-order valence-electron chi connectivity index (χ0n) is 9.18. The highest BCUT2D eigenvalue weighted by Gasteiger charge is 2.04. The van der Waals surface area contributed by atoms with Crippen LogP contribution in [-0.2, 0) is 0 Å². The molecule has 5 nitrogen and oxygen atoms in total. The largest absolute Gasteiger partial charge is 0.394 e. The number of rotatable bonds is 4. The average Bonchev–Trinajstić information content (AvgIpc) is 2.35. The molecule has 90 valence electrons. The maximum Gasteiger partial charge on any atom is 0.248 e. The summed E-state index contributed by atoms with van der Waals surface area (Å²) in [6.07, 6.45) is -0.819. The van der Waals surface area contributed by atoms with Gasteiger partial charge in [0.05, 0.1) is 23.9 Å². The highest BCUT2D eigenvalue weighted by atomic mass is 16.3. The molecule has 0 aliphatic heterocycles. The Kier molecular flexibility index (Phi) is 3.41. The molecule has 5 heteroatoms. The van der Waals surface area contributed by atoms with Gasteiger partial charge in [0.25, 0.3) is 0 Å². The Balaban J connectivity index is 2.33. The Morgan fingerprint density at radius 1 is 1.29 bits per heavy atom. The summed E-state index contributed by atoms with van der Waals surface area (Å²) in [6.45, 7) is -0.0686. The molecule has 1 unspecified atom stereocenters. The Labute approximate surface area is 97.7 Å². The lowest BCUT2D eigenvalue weighted by molar-refractivity contribution is 0.105. The number of hydrogen-bond acceptors (Lipinski definition) is 4. The first-order valence-corrected chi connectivity index (χ1v) is 5.35. The number of fused-ring (bicyclic) bond motifs is 1. The van der Waals surface area contributed by atoms with E-state index in [0.717, 1.165) is 11.1 Å². The van der Waals surface area contributed by atoms with Crippen molar-refractivity contribution in [2.24, 2.45) is 0 Å². The highest BCUT2D eigenvalue weighted by molar-refractivity contribution is 5.90. The summed E-state index contributed by atoms with van der Waals surface area (Å²) in [7, 11) is 0. The Morgan fingerprint density at radius 3 is 2.88 bits per heavy atom. The van der Waals surface area contributed by atoms with Crippen molar-refractivity contribution in [1.82, 2.24) is 4.98 Å². The third-order valence-electron chi connectivity index (χ3n) is 2.50. The fourth-order valence-electron chi connectivity index (χ4n) is 1.62. The molecule has 2 rings (SSSR count). The number of aromatic nitrogens is 1. The molecule has 0 radical (unpaired) electrons. The zero-order chi connectivity index (χ0) is 12.3. The summed E-state index contributed by atoms with van der Waals surface area (Å²) < 4.78 is 0. The minimum atomic E-state index is -0.819. The Hall–Kier alpha value is -1.85. The van der Waals surface area contributed by atoms with Gasteiger partial charge in [0, 0.05) is 18.0 Å². The monoisotopic (exact) mass is 234 g/mol. The summed E-state index contributed by atoms with van der Waals surface area (Å²) in [5.41, 5.74) is 1.26. The summed E-state index contributed by atoms with van der Waals surface area (Å²) in [6, 6.07) is 8.76. The van der Waals surface area contributed by atoms with E-state index in [-0.39, 0.29) is 18.7 Å². The van der Waals surface area contributed by atoms with Crippen LogP contribution in [0.5, 0.6) is 0 Å². The first kappa shape index (κ1) is 11.6. The summed E-state index contributed by atoms with van der Waals surface area (Å²) >= 11 is 0. The lowest BCUT2D eigenvalue weighted by atomic mass is 10.2. The van der Waals surface area contributed by atoms with Crippen LogP contribution in [0.15, 0.2) is 35.1 Å². The summed E-state index contributed by atoms with van der Waals surface area (Å²) in [4.78, 5) is 14.0. The van der Waals surface area contributed by atoms with Gasteiger partial charge in [-0.15, -0.1) is 0 Å². The third kappa shape index (κ3) is 2.64. The smallest absolute Gasteiger partial charge is 0.248 e. The van der Waals surface area contributed by atoms with Gasteiger partial charge in [-0.2, -0.15) is 0 Å². The predicted octanol–water partition coefficient (Wildman–Crippen LogP) is 0.293. The van der Waals surface area contributed by atoms with Gasteiger partial charge < -0.3 is 20.5 Å². The van der Waals surface area contributed by atoms with E-state index in [1.54, 1.807) is 6.07 Å². The fourth-order valence-corrected chi connectivity index (χ4v) is 1.62. The maximum atomic E-state index is 11.3. The lowest BCUT2D eigenvalue weighted by Crippen LogP contribution is -2.23. The van der Waals surface area contributed by atoms with Crippen LogP contribution >= 0.6 is 0 Å². The number of hydrogen-bond donors (Lipinski definition) is 4. The first-order valence-electron chi connectivity index (χ1n) is 5.35. The number of para-hydroxylation sites is 1. The third-order valence-corrected chi connectivity index (χ3v) is 2.50. The van der Waals surface area contributed by atoms with E-state index in [9.17, 15) is 9.90 Å². The van der Waals surface area contributed by atoms with Crippen LogP contribution < -0.4 is 10.9 Å². The molecular formula is C12H14N2O3. The molecule has 1 heterocycles. The molecule has 0 aliphatic rings.